The molecule has 18 heteroatoms. The predicted molar refractivity (Wildman–Crippen MR) is 160 cm³/mol. The zero-order valence-corrected chi connectivity index (χ0v) is 26.1. The van der Waals surface area contributed by atoms with E-state index in [1.807, 2.05) is 0 Å². The summed E-state index contributed by atoms with van der Waals surface area (Å²) in [5.74, 6) is -4.82. The number of nitrogens with two attached hydrogens (primary N) is 1. The van der Waals surface area contributed by atoms with E-state index in [2.05, 4.69) is 10.6 Å². The van der Waals surface area contributed by atoms with Crippen molar-refractivity contribution in [3.63, 3.8) is 0 Å². The molecule has 2 atom stereocenters. The molecule has 0 saturated heterocycles. The fraction of sp³-hybridized carbons (Fsp3) is 0.419. The molecule has 4 heterocycles. The van der Waals surface area contributed by atoms with Gasteiger partial charge in [0.15, 0.2) is 5.60 Å². The highest BCUT2D eigenvalue weighted by Gasteiger charge is 2.46. The van der Waals surface area contributed by atoms with Crippen LogP contribution in [-0.4, -0.2) is 69.6 Å². The number of aryl methyl sites for hydroxylation is 1. The molecule has 0 spiro atoms. The summed E-state index contributed by atoms with van der Waals surface area (Å²) in [7, 11) is 0. The third-order valence-corrected chi connectivity index (χ3v) is 8.75. The van der Waals surface area contributed by atoms with Gasteiger partial charge in [-0.25, -0.2) is 19.0 Å². The summed E-state index contributed by atoms with van der Waals surface area (Å²) in [6.45, 7) is 2.52. The van der Waals surface area contributed by atoms with Gasteiger partial charge < -0.3 is 40.6 Å². The van der Waals surface area contributed by atoms with Gasteiger partial charge in [0, 0.05) is 22.6 Å². The molecule has 2 aliphatic heterocycles. The Morgan fingerprint density at radius 2 is 1.88 bits per heavy atom. The Kier molecular flexibility index (Phi) is 9.50. The van der Waals surface area contributed by atoms with Gasteiger partial charge in [-0.15, -0.1) is 0 Å². The highest BCUT2D eigenvalue weighted by Crippen LogP contribution is 2.45. The average molecular weight is 694 g/mol. The number of ether oxygens (including phenoxy) is 2. The first kappa shape index (κ1) is 35.4. The van der Waals surface area contributed by atoms with E-state index in [9.17, 15) is 37.5 Å². The number of esters is 1. The number of nitrogens with one attached hydrogen (secondary N) is 2. The number of rotatable bonds is 7. The highest BCUT2D eigenvalue weighted by atomic mass is 19.4. The van der Waals surface area contributed by atoms with E-state index in [0.717, 1.165) is 16.5 Å². The molecule has 6 rings (SSSR count). The SMILES string of the molecule is CC[C@@]1(O)C(=O)OCc2c1cc1n(c2=O)Cc2c-1nc1cc(F)c(C)c3c1c2[C@@H](NC(=O)COCNC(=O)CN)CC3.O=C(O)C(F)(F)F. The molecule has 0 bridgehead atoms. The molecule has 1 aliphatic carbocycles. The molecule has 2 amide bonds. The average Bonchev–Trinajstić information content (AvgIpc) is 3.42. The fourth-order valence-corrected chi connectivity index (χ4v) is 6.28. The maximum absolute atomic E-state index is 15.0. The van der Waals surface area contributed by atoms with Gasteiger partial charge >= 0.3 is 18.1 Å². The Bertz CT molecular complexity index is 1960. The number of hydrogen-bond acceptors (Lipinski definition) is 10. The number of fused-ring (bicyclic) bond motifs is 5. The van der Waals surface area contributed by atoms with E-state index in [4.69, 9.17) is 30.1 Å². The molecule has 6 N–H and O–H groups in total. The maximum atomic E-state index is 15.0. The largest absolute Gasteiger partial charge is 0.490 e. The third kappa shape index (κ3) is 6.33. The van der Waals surface area contributed by atoms with Crippen LogP contribution in [0.15, 0.2) is 16.9 Å². The van der Waals surface area contributed by atoms with Crippen LogP contribution in [0.25, 0.3) is 22.3 Å². The first-order chi connectivity index (χ1) is 23.0. The summed E-state index contributed by atoms with van der Waals surface area (Å²) in [4.78, 5) is 64.1. The Morgan fingerprint density at radius 1 is 1.18 bits per heavy atom. The molecule has 14 nitrogen and oxygen atoms in total. The first-order valence-electron chi connectivity index (χ1n) is 15.0. The number of cyclic esters (lactones) is 1. The minimum absolute atomic E-state index is 0.00487. The van der Waals surface area contributed by atoms with Crippen molar-refractivity contribution in [2.24, 2.45) is 5.73 Å². The Balaban J connectivity index is 0.000000606. The monoisotopic (exact) mass is 693 g/mol. The van der Waals surface area contributed by atoms with Crippen molar-refractivity contribution in [3.8, 4) is 11.4 Å². The molecule has 0 fully saturated rings. The molecule has 1 aromatic carbocycles. The van der Waals surface area contributed by atoms with Crippen LogP contribution in [0.1, 0.15) is 59.2 Å². The van der Waals surface area contributed by atoms with Crippen molar-refractivity contribution in [2.45, 2.75) is 64.1 Å². The number of alkyl halides is 3. The van der Waals surface area contributed by atoms with E-state index in [-0.39, 0.29) is 50.6 Å². The second-order valence-corrected chi connectivity index (χ2v) is 11.6. The number of nitrogens with zero attached hydrogens (tertiary/aromatic N) is 2. The zero-order chi connectivity index (χ0) is 36.0. The summed E-state index contributed by atoms with van der Waals surface area (Å²) in [5, 5.41) is 24.5. The molecule has 0 unspecified atom stereocenters. The van der Waals surface area contributed by atoms with Gasteiger partial charge in [0.2, 0.25) is 11.8 Å². The third-order valence-electron chi connectivity index (χ3n) is 8.75. The second-order valence-electron chi connectivity index (χ2n) is 11.6. The van der Waals surface area contributed by atoms with Crippen molar-refractivity contribution < 1.29 is 56.4 Å². The standard InChI is InChI=1S/C29H30FN5O7.C2HF3O2/c1-3-29(40)17-6-21-26-15(9-35(21)27(38)16(17)10-42-28(29)39)25-19(33-23(37)11-41-12-32-22(36)8-31)5-4-14-13(2)18(30)7-20(34-26)24(14)25;3-2(4,5)1(6)7/h6-7,19,40H,3-5,8-12,31H2,1-2H3,(H,32,36)(H,33,37);(H,6,7)/t19-,29-;/m0./s1. The molecule has 49 heavy (non-hydrogen) atoms. The lowest BCUT2D eigenvalue weighted by atomic mass is 9.81. The second kappa shape index (κ2) is 13.2. The quantitative estimate of drug-likeness (QED) is 0.0806. The minimum Gasteiger partial charge on any atom is -0.475 e. The number of amides is 2. The van der Waals surface area contributed by atoms with Gasteiger partial charge in [-0.2, -0.15) is 13.2 Å². The number of halogens is 4. The number of pyridine rings is 2. The minimum atomic E-state index is -5.08. The molecule has 2 aromatic heterocycles. The zero-order valence-electron chi connectivity index (χ0n) is 26.1. The van der Waals surface area contributed by atoms with Crippen molar-refractivity contribution >= 4 is 34.7 Å². The lowest BCUT2D eigenvalue weighted by molar-refractivity contribution is -0.192. The summed E-state index contributed by atoms with van der Waals surface area (Å²) in [5.41, 5.74) is 7.16. The molecule has 3 aromatic rings. The van der Waals surface area contributed by atoms with E-state index in [1.165, 1.54) is 10.6 Å². The van der Waals surface area contributed by atoms with Crippen LogP contribution in [0.5, 0.6) is 0 Å². The van der Waals surface area contributed by atoms with E-state index < -0.39 is 52.9 Å². The Hall–Kier alpha value is -4.94. The van der Waals surface area contributed by atoms with Crippen LogP contribution in [0.4, 0.5) is 17.6 Å². The number of carboxylic acid groups (broad SMARTS) is 1. The van der Waals surface area contributed by atoms with Crippen LogP contribution in [0.3, 0.4) is 0 Å². The summed E-state index contributed by atoms with van der Waals surface area (Å²) >= 11 is 0. The van der Waals surface area contributed by atoms with E-state index in [1.54, 1.807) is 19.9 Å². The van der Waals surface area contributed by atoms with Gasteiger partial charge in [-0.05, 0) is 48.9 Å². The molecule has 0 radical (unpaired) electrons. The number of aliphatic carboxylic acids is 1. The molecule has 3 aliphatic rings. The molecule has 262 valence electrons. The van der Waals surface area contributed by atoms with Crippen molar-refractivity contribution in [3.05, 3.63) is 61.7 Å². The summed E-state index contributed by atoms with van der Waals surface area (Å²) in [6, 6.07) is 2.46. The topological polar surface area (TPSA) is 212 Å². The van der Waals surface area contributed by atoms with Gasteiger partial charge in [0.1, 0.15) is 25.8 Å². The lowest BCUT2D eigenvalue weighted by Crippen LogP contribution is -2.44. The molecular weight excluding hydrogens is 662 g/mol. The number of aliphatic hydroxyl groups is 1. The van der Waals surface area contributed by atoms with Gasteiger partial charge in [0.25, 0.3) is 5.56 Å². The Labute approximate surface area is 274 Å². The van der Waals surface area contributed by atoms with E-state index >= 15 is 4.39 Å². The normalized spacial score (nSPS) is 18.8. The Morgan fingerprint density at radius 3 is 2.51 bits per heavy atom. The van der Waals surface area contributed by atoms with Crippen LogP contribution >= 0.6 is 0 Å². The number of carbonyl (C=O) groups is 4. The number of hydrogen-bond donors (Lipinski definition) is 5. The lowest BCUT2D eigenvalue weighted by Gasteiger charge is -2.31. The number of carbonyl (C=O) groups excluding carboxylic acids is 3. The smallest absolute Gasteiger partial charge is 0.475 e. The van der Waals surface area contributed by atoms with Crippen LogP contribution < -0.4 is 21.9 Å². The predicted octanol–water partition coefficient (Wildman–Crippen LogP) is 1.31. The van der Waals surface area contributed by atoms with Crippen molar-refractivity contribution in [2.75, 3.05) is 19.9 Å². The van der Waals surface area contributed by atoms with Crippen LogP contribution in [0, 0.1) is 12.7 Å². The number of carboxylic acids is 1. The van der Waals surface area contributed by atoms with Gasteiger partial charge in [-0.1, -0.05) is 6.92 Å². The van der Waals surface area contributed by atoms with Gasteiger partial charge in [-0.3, -0.25) is 14.4 Å². The van der Waals surface area contributed by atoms with Crippen LogP contribution in [0.2, 0.25) is 0 Å². The summed E-state index contributed by atoms with van der Waals surface area (Å²) < 4.78 is 58.7. The number of benzene rings is 1. The van der Waals surface area contributed by atoms with Crippen molar-refractivity contribution in [1.29, 1.82) is 0 Å². The maximum Gasteiger partial charge on any atom is 0.490 e. The highest BCUT2D eigenvalue weighted by molar-refractivity contribution is 5.94. The van der Waals surface area contributed by atoms with E-state index in [0.29, 0.717) is 40.9 Å². The summed E-state index contributed by atoms with van der Waals surface area (Å²) in [6.07, 6.45) is -4.11. The fourth-order valence-electron chi connectivity index (χ4n) is 6.28. The van der Waals surface area contributed by atoms with Crippen LogP contribution in [-0.2, 0) is 53.8 Å². The van der Waals surface area contributed by atoms with Crippen molar-refractivity contribution in [1.82, 2.24) is 20.2 Å². The molecule has 0 saturated carbocycles. The number of aromatic nitrogens is 2. The van der Waals surface area contributed by atoms with Gasteiger partial charge in [0.05, 0.1) is 41.6 Å². The first-order valence-corrected chi connectivity index (χ1v) is 15.0. The molecular formula is C31H31F4N5O9.